The molecule has 1 aromatic heterocycles. The van der Waals surface area contributed by atoms with E-state index in [1.165, 1.54) is 25.3 Å². The molecule has 1 heterocycles. The van der Waals surface area contributed by atoms with Crippen molar-refractivity contribution in [2.45, 2.75) is 11.3 Å². The molecule has 0 saturated carbocycles. The van der Waals surface area contributed by atoms with E-state index in [2.05, 4.69) is 15.5 Å². The Kier molecular flexibility index (Phi) is 7.76. The number of benzene rings is 2. The smallest absolute Gasteiger partial charge is 0.416 e. The number of nitrogens with one attached hydrogen (secondary N) is 1. The fourth-order valence-electron chi connectivity index (χ4n) is 2.68. The molecule has 176 valence electrons. The number of thioether (sulfide) groups is 1. The first-order chi connectivity index (χ1) is 15.7. The lowest BCUT2D eigenvalue weighted by atomic mass is 10.1. The number of carbonyl (C=O) groups is 1. The van der Waals surface area contributed by atoms with Gasteiger partial charge >= 0.3 is 6.18 Å². The molecule has 33 heavy (non-hydrogen) atoms. The van der Waals surface area contributed by atoms with Crippen LogP contribution in [0.3, 0.4) is 0 Å². The fraction of sp³-hybridized carbons (Fsp3) is 0.250. The van der Waals surface area contributed by atoms with Crippen LogP contribution in [0.25, 0.3) is 11.4 Å². The maximum atomic E-state index is 14.0. The first-order valence-corrected chi connectivity index (χ1v) is 10.4. The lowest BCUT2D eigenvalue weighted by molar-refractivity contribution is -0.137. The van der Waals surface area contributed by atoms with Crippen molar-refractivity contribution < 1.29 is 31.8 Å². The molecule has 0 saturated heterocycles. The standard InChI is InChI=1S/C20H19F4N5O3S/c1-31-8-9-32-16-7-6-12(20(22,23)24)10-15(16)26-17(30)11-33-19-28-27-18(29(19)25)13-4-2-3-5-14(13)21/h2-7,10H,8-9,11,25H2,1H3,(H,26,30). The van der Waals surface area contributed by atoms with Crippen LogP contribution in [0.1, 0.15) is 5.56 Å². The third kappa shape index (κ3) is 6.14. The van der Waals surface area contributed by atoms with Crippen LogP contribution in [0.5, 0.6) is 5.75 Å². The Balaban J connectivity index is 1.71. The molecule has 0 radical (unpaired) electrons. The number of ether oxygens (including phenoxy) is 2. The highest BCUT2D eigenvalue weighted by Gasteiger charge is 2.31. The quantitative estimate of drug-likeness (QED) is 0.207. The zero-order chi connectivity index (χ0) is 24.0. The van der Waals surface area contributed by atoms with Gasteiger partial charge in [-0.15, -0.1) is 10.2 Å². The summed E-state index contributed by atoms with van der Waals surface area (Å²) in [4.78, 5) is 12.4. The van der Waals surface area contributed by atoms with Gasteiger partial charge in [-0.05, 0) is 30.3 Å². The summed E-state index contributed by atoms with van der Waals surface area (Å²) in [6.45, 7) is 0.287. The number of carbonyl (C=O) groups excluding carboxylic acids is 1. The fourth-order valence-corrected chi connectivity index (χ4v) is 3.34. The van der Waals surface area contributed by atoms with E-state index in [0.717, 1.165) is 34.6 Å². The summed E-state index contributed by atoms with van der Waals surface area (Å²) in [5, 5.41) is 10.2. The number of anilines is 1. The Bertz CT molecular complexity index is 1120. The molecule has 3 N–H and O–H groups in total. The van der Waals surface area contributed by atoms with Crippen molar-refractivity contribution in [1.29, 1.82) is 0 Å². The normalized spacial score (nSPS) is 11.4. The lowest BCUT2D eigenvalue weighted by Crippen LogP contribution is -2.18. The number of rotatable bonds is 9. The van der Waals surface area contributed by atoms with Crippen LogP contribution in [0.2, 0.25) is 0 Å². The molecule has 2 aromatic carbocycles. The van der Waals surface area contributed by atoms with Gasteiger partial charge in [-0.1, -0.05) is 23.9 Å². The highest BCUT2D eigenvalue weighted by molar-refractivity contribution is 7.99. The Morgan fingerprint density at radius 2 is 1.94 bits per heavy atom. The van der Waals surface area contributed by atoms with Crippen molar-refractivity contribution >= 4 is 23.4 Å². The van der Waals surface area contributed by atoms with Gasteiger partial charge in [0.2, 0.25) is 11.1 Å². The van der Waals surface area contributed by atoms with Crippen molar-refractivity contribution in [3.05, 3.63) is 53.8 Å². The Morgan fingerprint density at radius 1 is 1.18 bits per heavy atom. The molecule has 0 aliphatic rings. The number of amides is 1. The van der Waals surface area contributed by atoms with Crippen LogP contribution < -0.4 is 15.9 Å². The highest BCUT2D eigenvalue weighted by Crippen LogP contribution is 2.35. The van der Waals surface area contributed by atoms with Crippen molar-refractivity contribution in [2.24, 2.45) is 0 Å². The molecule has 0 unspecified atom stereocenters. The number of methoxy groups -OCH3 is 1. The number of nitrogen functional groups attached to an aromatic ring is 1. The summed E-state index contributed by atoms with van der Waals surface area (Å²) < 4.78 is 64.5. The Labute approximate surface area is 190 Å². The molecule has 1 amide bonds. The second kappa shape index (κ2) is 10.5. The summed E-state index contributed by atoms with van der Waals surface area (Å²) in [6, 6.07) is 8.60. The number of hydrogen-bond donors (Lipinski definition) is 2. The van der Waals surface area contributed by atoms with E-state index in [-0.39, 0.29) is 46.9 Å². The van der Waals surface area contributed by atoms with Crippen LogP contribution in [0.4, 0.5) is 23.2 Å². The second-order valence-electron chi connectivity index (χ2n) is 6.54. The van der Waals surface area contributed by atoms with E-state index in [1.54, 1.807) is 6.07 Å². The number of nitrogens with two attached hydrogens (primary N) is 1. The molecule has 0 aliphatic heterocycles. The average Bonchev–Trinajstić information content (AvgIpc) is 3.13. The van der Waals surface area contributed by atoms with Gasteiger partial charge in [0.1, 0.15) is 18.2 Å². The SMILES string of the molecule is COCCOc1ccc(C(F)(F)F)cc1NC(=O)CSc1nnc(-c2ccccc2F)n1N. The zero-order valence-corrected chi connectivity index (χ0v) is 18.0. The predicted octanol–water partition coefficient (Wildman–Crippen LogP) is 3.57. The van der Waals surface area contributed by atoms with Crippen molar-refractivity contribution in [2.75, 3.05) is 37.2 Å². The van der Waals surface area contributed by atoms with Crippen LogP contribution >= 0.6 is 11.8 Å². The second-order valence-corrected chi connectivity index (χ2v) is 7.49. The van der Waals surface area contributed by atoms with Crippen LogP contribution in [-0.4, -0.2) is 46.9 Å². The molecule has 8 nitrogen and oxygen atoms in total. The van der Waals surface area contributed by atoms with Crippen LogP contribution in [0, 0.1) is 5.82 Å². The lowest BCUT2D eigenvalue weighted by Gasteiger charge is -2.15. The van der Waals surface area contributed by atoms with Gasteiger partial charge in [0, 0.05) is 7.11 Å². The molecule has 0 spiro atoms. The van der Waals surface area contributed by atoms with Gasteiger partial charge < -0.3 is 20.6 Å². The number of hydrogen-bond acceptors (Lipinski definition) is 7. The number of halogens is 4. The van der Waals surface area contributed by atoms with E-state index in [0.29, 0.717) is 0 Å². The minimum Gasteiger partial charge on any atom is -0.489 e. The van der Waals surface area contributed by atoms with Gasteiger partial charge in [0.25, 0.3) is 0 Å². The summed E-state index contributed by atoms with van der Waals surface area (Å²) in [5.41, 5.74) is -0.959. The van der Waals surface area contributed by atoms with Gasteiger partial charge in [-0.3, -0.25) is 4.79 Å². The minimum atomic E-state index is -4.60. The van der Waals surface area contributed by atoms with Crippen molar-refractivity contribution in [1.82, 2.24) is 14.9 Å². The van der Waals surface area contributed by atoms with Crippen LogP contribution in [-0.2, 0) is 15.7 Å². The van der Waals surface area contributed by atoms with Gasteiger partial charge in [-0.25, -0.2) is 9.07 Å². The first kappa shape index (κ1) is 24.3. The third-order valence-corrected chi connectivity index (χ3v) is 5.18. The Hall–Kier alpha value is -3.32. The number of aromatic nitrogens is 3. The molecule has 13 heteroatoms. The molecule has 0 aliphatic carbocycles. The monoisotopic (exact) mass is 485 g/mol. The highest BCUT2D eigenvalue weighted by atomic mass is 32.2. The topological polar surface area (TPSA) is 104 Å². The maximum absolute atomic E-state index is 14.0. The minimum absolute atomic E-state index is 0.0576. The van der Waals surface area contributed by atoms with E-state index in [1.807, 2.05) is 0 Å². The molecule has 0 fully saturated rings. The maximum Gasteiger partial charge on any atom is 0.416 e. The molecule has 0 bridgehead atoms. The van der Waals surface area contributed by atoms with E-state index < -0.39 is 23.5 Å². The summed E-state index contributed by atoms with van der Waals surface area (Å²) in [6.07, 6.45) is -4.60. The predicted molar refractivity (Wildman–Crippen MR) is 114 cm³/mol. The largest absolute Gasteiger partial charge is 0.489 e. The molecular formula is C20H19F4N5O3S. The number of alkyl halides is 3. The summed E-state index contributed by atoms with van der Waals surface area (Å²) in [5.74, 6) is 4.61. The molecule has 3 rings (SSSR count). The average molecular weight is 485 g/mol. The van der Waals surface area contributed by atoms with E-state index in [4.69, 9.17) is 15.3 Å². The van der Waals surface area contributed by atoms with E-state index >= 15 is 0 Å². The molecular weight excluding hydrogens is 466 g/mol. The van der Waals surface area contributed by atoms with Crippen molar-refractivity contribution in [3.8, 4) is 17.1 Å². The third-order valence-electron chi connectivity index (χ3n) is 4.24. The van der Waals surface area contributed by atoms with Gasteiger partial charge in [0.05, 0.1) is 29.2 Å². The summed E-state index contributed by atoms with van der Waals surface area (Å²) >= 11 is 0.880. The summed E-state index contributed by atoms with van der Waals surface area (Å²) in [7, 11) is 1.45. The van der Waals surface area contributed by atoms with Crippen LogP contribution in [0.15, 0.2) is 47.6 Å². The first-order valence-electron chi connectivity index (χ1n) is 9.41. The van der Waals surface area contributed by atoms with E-state index in [9.17, 15) is 22.4 Å². The molecule has 0 atom stereocenters. The molecule has 3 aromatic rings. The van der Waals surface area contributed by atoms with Gasteiger partial charge in [0.15, 0.2) is 5.82 Å². The Morgan fingerprint density at radius 3 is 2.64 bits per heavy atom. The number of nitrogens with zero attached hydrogens (tertiary/aromatic N) is 3. The zero-order valence-electron chi connectivity index (χ0n) is 17.2. The van der Waals surface area contributed by atoms with Gasteiger partial charge in [-0.2, -0.15) is 13.2 Å². The van der Waals surface area contributed by atoms with Crippen molar-refractivity contribution in [3.63, 3.8) is 0 Å².